The maximum absolute atomic E-state index is 5.72. The lowest BCUT2D eigenvalue weighted by Crippen LogP contribution is -2.45. The summed E-state index contributed by atoms with van der Waals surface area (Å²) in [4.78, 5) is 10.8. The summed E-state index contributed by atoms with van der Waals surface area (Å²) in [6.45, 7) is 6.55. The zero-order chi connectivity index (χ0) is 14.4. The van der Waals surface area contributed by atoms with E-state index in [1.807, 2.05) is 0 Å². The Morgan fingerprint density at radius 1 is 1.35 bits per heavy atom. The predicted molar refractivity (Wildman–Crippen MR) is 75.5 cm³/mol. The van der Waals surface area contributed by atoms with Crippen LogP contribution in [-0.4, -0.2) is 68.0 Å². The largest absolute Gasteiger partial charge is 0.481 e. The molecular weight excluding hydrogens is 260 g/mol. The maximum atomic E-state index is 5.72. The highest BCUT2D eigenvalue weighted by molar-refractivity contribution is 5.33. The van der Waals surface area contributed by atoms with Crippen molar-refractivity contribution in [1.82, 2.24) is 14.9 Å². The van der Waals surface area contributed by atoms with Gasteiger partial charge in [-0.05, 0) is 6.54 Å². The molecule has 0 aromatic carbocycles. The van der Waals surface area contributed by atoms with Gasteiger partial charge in [-0.1, -0.05) is 6.92 Å². The minimum Gasteiger partial charge on any atom is -0.481 e. The number of hydrogen-bond donors (Lipinski definition) is 1. The molecule has 0 saturated carbocycles. The molecule has 0 spiro atoms. The van der Waals surface area contributed by atoms with Crippen LogP contribution >= 0.6 is 0 Å². The number of anilines is 1. The van der Waals surface area contributed by atoms with Crippen molar-refractivity contribution < 1.29 is 14.2 Å². The Kier molecular flexibility index (Phi) is 5.37. The summed E-state index contributed by atoms with van der Waals surface area (Å²) in [5.41, 5.74) is 0. The molecule has 1 aliphatic rings. The fourth-order valence-corrected chi connectivity index (χ4v) is 2.09. The summed E-state index contributed by atoms with van der Waals surface area (Å²) in [5.74, 6) is 1.43. The molecule has 2 heterocycles. The molecule has 7 nitrogen and oxygen atoms in total. The van der Waals surface area contributed by atoms with Crippen LogP contribution in [0.15, 0.2) is 6.07 Å². The first-order chi connectivity index (χ1) is 9.75. The van der Waals surface area contributed by atoms with E-state index in [9.17, 15) is 0 Å². The third-order valence-corrected chi connectivity index (χ3v) is 3.26. The predicted octanol–water partition coefficient (Wildman–Crippen LogP) is 0.626. The van der Waals surface area contributed by atoms with Crippen LogP contribution in [0, 0.1) is 0 Å². The smallest absolute Gasteiger partial charge is 0.229 e. The molecule has 1 aromatic rings. The molecule has 7 heteroatoms. The first-order valence-corrected chi connectivity index (χ1v) is 6.80. The quantitative estimate of drug-likeness (QED) is 0.820. The van der Waals surface area contributed by atoms with Gasteiger partial charge in [0, 0.05) is 19.6 Å². The summed E-state index contributed by atoms with van der Waals surface area (Å²) in [7, 11) is 3.13. The van der Waals surface area contributed by atoms with Gasteiger partial charge in [0.2, 0.25) is 17.7 Å². The molecule has 1 atom stereocenters. The number of methoxy groups -OCH3 is 2. The number of nitrogens with zero attached hydrogens (tertiary/aromatic N) is 3. The lowest BCUT2D eigenvalue weighted by molar-refractivity contribution is -0.0192. The minimum atomic E-state index is 0.143. The Morgan fingerprint density at radius 3 is 2.65 bits per heavy atom. The normalized spacial score (nSPS) is 19.6. The number of morpholine rings is 1. The van der Waals surface area contributed by atoms with Crippen molar-refractivity contribution in [3.05, 3.63) is 6.07 Å². The average molecular weight is 282 g/mol. The second-order valence-electron chi connectivity index (χ2n) is 4.54. The van der Waals surface area contributed by atoms with Gasteiger partial charge in [0.1, 0.15) is 0 Å². The summed E-state index contributed by atoms with van der Waals surface area (Å²) in [6, 6.07) is 1.64. The van der Waals surface area contributed by atoms with Gasteiger partial charge in [-0.25, -0.2) is 0 Å². The Bertz CT molecular complexity index is 408. The van der Waals surface area contributed by atoms with E-state index >= 15 is 0 Å². The summed E-state index contributed by atoms with van der Waals surface area (Å²) >= 11 is 0. The monoisotopic (exact) mass is 282 g/mol. The van der Waals surface area contributed by atoms with Gasteiger partial charge in [0.25, 0.3) is 0 Å². The van der Waals surface area contributed by atoms with E-state index in [-0.39, 0.29) is 6.10 Å². The molecule has 0 amide bonds. The molecule has 0 radical (unpaired) electrons. The van der Waals surface area contributed by atoms with E-state index in [1.165, 1.54) is 0 Å². The van der Waals surface area contributed by atoms with Gasteiger partial charge in [0.15, 0.2) is 0 Å². The van der Waals surface area contributed by atoms with Gasteiger partial charge >= 0.3 is 0 Å². The number of nitrogens with one attached hydrogen (secondary N) is 1. The Hall–Kier alpha value is -1.60. The summed E-state index contributed by atoms with van der Waals surface area (Å²) in [6.07, 6.45) is 0.143. The topological polar surface area (TPSA) is 68.7 Å². The zero-order valence-electron chi connectivity index (χ0n) is 12.3. The van der Waals surface area contributed by atoms with Crippen LogP contribution in [0.2, 0.25) is 0 Å². The number of ether oxygens (including phenoxy) is 3. The first kappa shape index (κ1) is 14.8. The molecule has 112 valence electrons. The Labute approximate surface area is 119 Å². The van der Waals surface area contributed by atoms with E-state index < -0.39 is 0 Å². The molecular formula is C13H22N4O3. The molecule has 0 aliphatic carbocycles. The second-order valence-corrected chi connectivity index (χ2v) is 4.54. The summed E-state index contributed by atoms with van der Waals surface area (Å²) in [5, 5.41) is 3.17. The SMILES string of the molecule is CCN1CCOC(CNc2nc(OC)cc(OC)n2)C1. The lowest BCUT2D eigenvalue weighted by atomic mass is 10.2. The van der Waals surface area contributed by atoms with Crippen molar-refractivity contribution in [2.24, 2.45) is 0 Å². The molecule has 0 bridgehead atoms. The molecule has 1 fully saturated rings. The highest BCUT2D eigenvalue weighted by Gasteiger charge is 2.19. The molecule has 1 aliphatic heterocycles. The fraction of sp³-hybridized carbons (Fsp3) is 0.692. The van der Waals surface area contributed by atoms with E-state index in [0.29, 0.717) is 24.3 Å². The van der Waals surface area contributed by atoms with Crippen LogP contribution in [0.4, 0.5) is 5.95 Å². The van der Waals surface area contributed by atoms with E-state index in [0.717, 1.165) is 26.2 Å². The van der Waals surface area contributed by atoms with Gasteiger partial charge in [-0.2, -0.15) is 9.97 Å². The molecule has 20 heavy (non-hydrogen) atoms. The van der Waals surface area contributed by atoms with Crippen LogP contribution in [0.1, 0.15) is 6.92 Å². The van der Waals surface area contributed by atoms with Crippen LogP contribution in [0.3, 0.4) is 0 Å². The highest BCUT2D eigenvalue weighted by Crippen LogP contribution is 2.17. The van der Waals surface area contributed by atoms with Crippen LogP contribution in [0.25, 0.3) is 0 Å². The third kappa shape index (κ3) is 3.94. The average Bonchev–Trinajstić information content (AvgIpc) is 2.52. The number of likely N-dealkylation sites (N-methyl/N-ethyl adjacent to an activating group) is 1. The maximum Gasteiger partial charge on any atom is 0.229 e. The van der Waals surface area contributed by atoms with Gasteiger partial charge in [-0.3, -0.25) is 4.90 Å². The fourth-order valence-electron chi connectivity index (χ4n) is 2.09. The van der Waals surface area contributed by atoms with E-state index in [1.54, 1.807) is 20.3 Å². The van der Waals surface area contributed by atoms with Crippen molar-refractivity contribution in [1.29, 1.82) is 0 Å². The lowest BCUT2D eigenvalue weighted by Gasteiger charge is -2.32. The van der Waals surface area contributed by atoms with E-state index in [2.05, 4.69) is 27.1 Å². The molecule has 1 aromatic heterocycles. The Balaban J connectivity index is 1.92. The number of rotatable bonds is 6. The van der Waals surface area contributed by atoms with E-state index in [4.69, 9.17) is 14.2 Å². The van der Waals surface area contributed by atoms with Crippen molar-refractivity contribution in [3.63, 3.8) is 0 Å². The van der Waals surface area contributed by atoms with Crippen molar-refractivity contribution in [3.8, 4) is 11.8 Å². The number of hydrogen-bond acceptors (Lipinski definition) is 7. The first-order valence-electron chi connectivity index (χ1n) is 6.80. The van der Waals surface area contributed by atoms with Crippen molar-refractivity contribution in [2.45, 2.75) is 13.0 Å². The van der Waals surface area contributed by atoms with Crippen LogP contribution in [-0.2, 0) is 4.74 Å². The molecule has 1 unspecified atom stereocenters. The Morgan fingerprint density at radius 2 is 2.05 bits per heavy atom. The molecule has 1 N–H and O–H groups in total. The van der Waals surface area contributed by atoms with Gasteiger partial charge in [0.05, 0.1) is 33.0 Å². The van der Waals surface area contributed by atoms with Crippen LogP contribution < -0.4 is 14.8 Å². The zero-order valence-corrected chi connectivity index (χ0v) is 12.3. The molecule has 2 rings (SSSR count). The van der Waals surface area contributed by atoms with Crippen molar-refractivity contribution >= 4 is 5.95 Å². The summed E-state index contributed by atoms with van der Waals surface area (Å²) < 4.78 is 15.9. The molecule has 1 saturated heterocycles. The van der Waals surface area contributed by atoms with Crippen LogP contribution in [0.5, 0.6) is 11.8 Å². The van der Waals surface area contributed by atoms with Gasteiger partial charge < -0.3 is 19.5 Å². The van der Waals surface area contributed by atoms with Gasteiger partial charge in [-0.15, -0.1) is 0 Å². The minimum absolute atomic E-state index is 0.143. The third-order valence-electron chi connectivity index (χ3n) is 3.26. The second kappa shape index (κ2) is 7.25. The van der Waals surface area contributed by atoms with Crippen molar-refractivity contribution in [2.75, 3.05) is 52.3 Å². The highest BCUT2D eigenvalue weighted by atomic mass is 16.5. The number of aromatic nitrogens is 2. The standard InChI is InChI=1S/C13H22N4O3/c1-4-17-5-6-20-10(9-17)8-14-13-15-11(18-2)7-12(16-13)19-3/h7,10H,4-6,8-9H2,1-3H3,(H,14,15,16).